The lowest BCUT2D eigenvalue weighted by Gasteiger charge is -2.21. The molecule has 1 aliphatic heterocycles. The van der Waals surface area contributed by atoms with Crippen molar-refractivity contribution >= 4 is 12.0 Å². The Balaban J connectivity index is 1.75. The number of carboxylic acids is 1. The largest absolute Gasteiger partial charge is 0.480 e. The molecule has 5 nitrogen and oxygen atoms in total. The van der Waals surface area contributed by atoms with E-state index in [1.54, 1.807) is 0 Å². The molecule has 1 atom stereocenters. The van der Waals surface area contributed by atoms with Gasteiger partial charge in [0.2, 0.25) is 0 Å². The number of hydrogen-bond donors (Lipinski definition) is 2. The van der Waals surface area contributed by atoms with Gasteiger partial charge in [0, 0.05) is 13.1 Å². The highest BCUT2D eigenvalue weighted by atomic mass is 16.4. The molecule has 0 aromatic carbocycles. The molecule has 1 saturated heterocycles. The van der Waals surface area contributed by atoms with Crippen LogP contribution in [0.25, 0.3) is 0 Å². The summed E-state index contributed by atoms with van der Waals surface area (Å²) in [4.78, 5) is 24.0. The minimum atomic E-state index is -0.894. The lowest BCUT2D eigenvalue weighted by molar-refractivity contribution is -0.141. The van der Waals surface area contributed by atoms with Crippen LogP contribution in [0.3, 0.4) is 0 Å². The highest BCUT2D eigenvalue weighted by Gasteiger charge is 2.33. The predicted molar refractivity (Wildman–Crippen MR) is 58.1 cm³/mol. The molecule has 2 aliphatic rings. The fourth-order valence-corrected chi connectivity index (χ4v) is 2.16. The fraction of sp³-hybridized carbons (Fsp3) is 0.818. The minimum absolute atomic E-state index is 0.217. The zero-order valence-corrected chi connectivity index (χ0v) is 9.32. The van der Waals surface area contributed by atoms with Crippen LogP contribution in [0.5, 0.6) is 0 Å². The third-order valence-corrected chi connectivity index (χ3v) is 3.32. The molecular weight excluding hydrogens is 208 g/mol. The van der Waals surface area contributed by atoms with Gasteiger partial charge in [-0.2, -0.15) is 0 Å². The van der Waals surface area contributed by atoms with Crippen molar-refractivity contribution in [3.8, 4) is 0 Å². The maximum absolute atomic E-state index is 11.7. The van der Waals surface area contributed by atoms with Crippen molar-refractivity contribution in [1.29, 1.82) is 0 Å². The molecule has 0 aromatic heterocycles. The molecule has 2 N–H and O–H groups in total. The first-order valence-corrected chi connectivity index (χ1v) is 5.96. The number of nitrogens with one attached hydrogen (secondary N) is 1. The van der Waals surface area contributed by atoms with E-state index in [1.165, 1.54) is 17.7 Å². The highest BCUT2D eigenvalue weighted by molar-refractivity contribution is 5.83. The number of urea groups is 1. The van der Waals surface area contributed by atoms with Crippen LogP contribution in [0, 0.1) is 5.92 Å². The van der Waals surface area contributed by atoms with E-state index in [-0.39, 0.29) is 6.03 Å². The number of amides is 2. The summed E-state index contributed by atoms with van der Waals surface area (Å²) in [6.45, 7) is 1.23. The molecule has 5 heteroatoms. The van der Waals surface area contributed by atoms with Gasteiger partial charge in [0.05, 0.1) is 0 Å². The summed E-state index contributed by atoms with van der Waals surface area (Å²) in [5, 5.41) is 11.7. The molecule has 2 rings (SSSR count). The number of rotatable bonds is 4. The van der Waals surface area contributed by atoms with Crippen LogP contribution in [-0.4, -0.2) is 41.1 Å². The van der Waals surface area contributed by atoms with Crippen molar-refractivity contribution in [2.45, 2.75) is 38.1 Å². The summed E-state index contributed by atoms with van der Waals surface area (Å²) in [6, 6.07) is -0.841. The second kappa shape index (κ2) is 4.72. The van der Waals surface area contributed by atoms with E-state index in [0.717, 1.165) is 18.8 Å². The van der Waals surface area contributed by atoms with Gasteiger partial charge in [-0.15, -0.1) is 0 Å². The maximum Gasteiger partial charge on any atom is 0.326 e. The van der Waals surface area contributed by atoms with Crippen molar-refractivity contribution in [2.75, 3.05) is 13.1 Å². The van der Waals surface area contributed by atoms with E-state index in [1.807, 2.05) is 0 Å². The molecule has 1 saturated carbocycles. The van der Waals surface area contributed by atoms with E-state index >= 15 is 0 Å². The molecule has 0 aromatic rings. The minimum Gasteiger partial charge on any atom is -0.480 e. The number of carbonyl (C=O) groups excluding carboxylic acids is 1. The number of hydrogen-bond acceptors (Lipinski definition) is 2. The van der Waals surface area contributed by atoms with E-state index < -0.39 is 12.0 Å². The monoisotopic (exact) mass is 226 g/mol. The Kier molecular flexibility index (Phi) is 3.31. The van der Waals surface area contributed by atoms with Crippen LogP contribution in [0.4, 0.5) is 4.79 Å². The average Bonchev–Trinajstić information content (AvgIpc) is 2.93. The van der Waals surface area contributed by atoms with Crippen LogP contribution in [-0.2, 0) is 4.79 Å². The molecule has 0 bridgehead atoms. The van der Waals surface area contributed by atoms with Crippen LogP contribution in [0.2, 0.25) is 0 Å². The normalized spacial score (nSPS) is 24.5. The van der Waals surface area contributed by atoms with Gasteiger partial charge in [-0.05, 0) is 25.2 Å². The summed E-state index contributed by atoms with van der Waals surface area (Å²) in [6.07, 6.45) is 4.93. The molecule has 0 spiro atoms. The Morgan fingerprint density at radius 1 is 1.31 bits per heavy atom. The van der Waals surface area contributed by atoms with Crippen molar-refractivity contribution in [3.05, 3.63) is 0 Å². The standard InChI is InChI=1S/C11H18N2O3/c14-10(15)9-2-1-7-13(9)11(16)12-6-5-8-3-4-8/h8-9H,1-7H2,(H,12,16)(H,14,15)/t9-/m0/s1. The van der Waals surface area contributed by atoms with E-state index in [2.05, 4.69) is 5.32 Å². The summed E-state index contributed by atoms with van der Waals surface area (Å²) in [5.41, 5.74) is 0. The summed E-state index contributed by atoms with van der Waals surface area (Å²) in [5.74, 6) is -0.107. The lowest BCUT2D eigenvalue weighted by atomic mass is 10.2. The number of carbonyl (C=O) groups is 2. The van der Waals surface area contributed by atoms with Crippen molar-refractivity contribution in [1.82, 2.24) is 10.2 Å². The zero-order valence-electron chi connectivity index (χ0n) is 9.32. The molecule has 2 fully saturated rings. The number of likely N-dealkylation sites (tertiary alicyclic amines) is 1. The van der Waals surface area contributed by atoms with Gasteiger partial charge in [0.1, 0.15) is 6.04 Å². The second-order valence-electron chi connectivity index (χ2n) is 4.65. The fourth-order valence-electron chi connectivity index (χ4n) is 2.16. The lowest BCUT2D eigenvalue weighted by Crippen LogP contribution is -2.46. The quantitative estimate of drug-likeness (QED) is 0.752. The SMILES string of the molecule is O=C(O)[C@@H]1CCCN1C(=O)NCCC1CC1. The number of carboxylic acid groups (broad SMARTS) is 1. The first-order chi connectivity index (χ1) is 7.68. The van der Waals surface area contributed by atoms with Gasteiger partial charge < -0.3 is 15.3 Å². The second-order valence-corrected chi connectivity index (χ2v) is 4.65. The van der Waals surface area contributed by atoms with Crippen LogP contribution in [0.1, 0.15) is 32.1 Å². The molecule has 0 unspecified atom stereocenters. The van der Waals surface area contributed by atoms with E-state index in [9.17, 15) is 9.59 Å². The van der Waals surface area contributed by atoms with Gasteiger partial charge in [-0.25, -0.2) is 9.59 Å². The Morgan fingerprint density at radius 2 is 2.06 bits per heavy atom. The first kappa shape index (κ1) is 11.2. The third-order valence-electron chi connectivity index (χ3n) is 3.32. The number of aliphatic carboxylic acids is 1. The molecule has 2 amide bonds. The van der Waals surface area contributed by atoms with Gasteiger partial charge >= 0.3 is 12.0 Å². The third kappa shape index (κ3) is 2.65. The predicted octanol–water partition coefficient (Wildman–Crippen LogP) is 1.05. The van der Waals surface area contributed by atoms with Crippen molar-refractivity contribution in [3.63, 3.8) is 0 Å². The molecule has 1 aliphatic carbocycles. The Labute approximate surface area is 94.8 Å². The first-order valence-electron chi connectivity index (χ1n) is 5.96. The van der Waals surface area contributed by atoms with Gasteiger partial charge in [-0.3, -0.25) is 0 Å². The van der Waals surface area contributed by atoms with Crippen LogP contribution in [0.15, 0.2) is 0 Å². The molecule has 90 valence electrons. The van der Waals surface area contributed by atoms with E-state index in [4.69, 9.17) is 5.11 Å². The van der Waals surface area contributed by atoms with Crippen LogP contribution >= 0.6 is 0 Å². The molecule has 0 radical (unpaired) electrons. The van der Waals surface area contributed by atoms with Crippen LogP contribution < -0.4 is 5.32 Å². The zero-order chi connectivity index (χ0) is 11.5. The van der Waals surface area contributed by atoms with E-state index in [0.29, 0.717) is 19.5 Å². The summed E-state index contributed by atoms with van der Waals surface area (Å²) >= 11 is 0. The van der Waals surface area contributed by atoms with Gasteiger partial charge in [0.15, 0.2) is 0 Å². The molecule has 16 heavy (non-hydrogen) atoms. The topological polar surface area (TPSA) is 69.6 Å². The van der Waals surface area contributed by atoms with Gasteiger partial charge in [0.25, 0.3) is 0 Å². The molecular formula is C11H18N2O3. The van der Waals surface area contributed by atoms with Crippen molar-refractivity contribution < 1.29 is 14.7 Å². The Morgan fingerprint density at radius 3 is 2.69 bits per heavy atom. The van der Waals surface area contributed by atoms with Gasteiger partial charge in [-0.1, -0.05) is 12.8 Å². The molecule has 1 heterocycles. The maximum atomic E-state index is 11.7. The number of nitrogens with zero attached hydrogens (tertiary/aromatic N) is 1. The smallest absolute Gasteiger partial charge is 0.326 e. The van der Waals surface area contributed by atoms with Crippen molar-refractivity contribution in [2.24, 2.45) is 5.92 Å². The summed E-state index contributed by atoms with van der Waals surface area (Å²) in [7, 11) is 0. The summed E-state index contributed by atoms with van der Waals surface area (Å²) < 4.78 is 0. The Hall–Kier alpha value is -1.26. The Bertz CT molecular complexity index is 289. The average molecular weight is 226 g/mol. The highest BCUT2D eigenvalue weighted by Crippen LogP contribution is 2.31.